The molecule has 0 spiro atoms. The van der Waals surface area contributed by atoms with Crippen LogP contribution in [-0.4, -0.2) is 16.4 Å². The van der Waals surface area contributed by atoms with Gasteiger partial charge in [-0.05, 0) is 44.4 Å². The molecule has 126 valence electrons. The summed E-state index contributed by atoms with van der Waals surface area (Å²) >= 11 is 0. The molecule has 5 rings (SSSR count). The number of anilines is 1. The molecule has 0 fully saturated rings. The molecule has 1 unspecified atom stereocenters. The summed E-state index contributed by atoms with van der Waals surface area (Å²) in [5.41, 5.74) is 5.39. The Balaban J connectivity index is 1.66. The van der Waals surface area contributed by atoms with Crippen molar-refractivity contribution in [1.82, 2.24) is 4.98 Å². The first-order chi connectivity index (χ1) is 12.1. The summed E-state index contributed by atoms with van der Waals surface area (Å²) < 4.78 is 0. The van der Waals surface area contributed by atoms with Crippen molar-refractivity contribution >= 4 is 22.4 Å². The van der Waals surface area contributed by atoms with E-state index in [0.29, 0.717) is 6.04 Å². The lowest BCUT2D eigenvalue weighted by Gasteiger charge is -2.27. The molecule has 2 aromatic carbocycles. The molecule has 1 N–H and O–H groups in total. The van der Waals surface area contributed by atoms with Gasteiger partial charge in [0, 0.05) is 34.8 Å². The highest BCUT2D eigenvalue weighted by Crippen LogP contribution is 2.44. The van der Waals surface area contributed by atoms with Crippen molar-refractivity contribution in [2.24, 2.45) is 4.99 Å². The molecule has 0 radical (unpaired) electrons. The van der Waals surface area contributed by atoms with Crippen molar-refractivity contribution < 1.29 is 0 Å². The molecule has 0 saturated heterocycles. The third-order valence-electron chi connectivity index (χ3n) is 5.63. The van der Waals surface area contributed by atoms with E-state index in [9.17, 15) is 0 Å². The van der Waals surface area contributed by atoms with E-state index in [4.69, 9.17) is 4.99 Å². The van der Waals surface area contributed by atoms with Gasteiger partial charge >= 0.3 is 0 Å². The number of para-hydroxylation sites is 2. The summed E-state index contributed by atoms with van der Waals surface area (Å²) in [5, 5.41) is 1.32. The van der Waals surface area contributed by atoms with Crippen molar-refractivity contribution in [3.8, 4) is 0 Å². The number of rotatable bonds is 1. The first-order valence-corrected chi connectivity index (χ1v) is 9.14. The van der Waals surface area contributed by atoms with Crippen molar-refractivity contribution in [3.05, 3.63) is 65.9 Å². The zero-order valence-corrected chi connectivity index (χ0v) is 14.8. The van der Waals surface area contributed by atoms with Crippen LogP contribution < -0.4 is 4.90 Å². The van der Waals surface area contributed by atoms with Crippen LogP contribution in [0, 0.1) is 0 Å². The average Bonchev–Trinajstić information content (AvgIpc) is 3.28. The fraction of sp³-hybridized carbons (Fsp3) is 0.318. The number of hydrogen-bond acceptors (Lipinski definition) is 2. The second-order valence-electron chi connectivity index (χ2n) is 7.85. The topological polar surface area (TPSA) is 31.4 Å². The van der Waals surface area contributed by atoms with Gasteiger partial charge in [0.2, 0.25) is 0 Å². The van der Waals surface area contributed by atoms with Gasteiger partial charge in [0.1, 0.15) is 5.84 Å². The smallest absolute Gasteiger partial charge is 0.105 e. The Hall–Kier alpha value is -2.55. The zero-order valence-electron chi connectivity index (χ0n) is 14.8. The van der Waals surface area contributed by atoms with E-state index in [2.05, 4.69) is 78.5 Å². The van der Waals surface area contributed by atoms with Crippen LogP contribution in [-0.2, 0) is 6.42 Å². The summed E-state index contributed by atoms with van der Waals surface area (Å²) in [6.07, 6.45) is 5.41. The van der Waals surface area contributed by atoms with E-state index < -0.39 is 0 Å². The normalized spacial score (nSPS) is 21.6. The molecule has 2 aliphatic heterocycles. The van der Waals surface area contributed by atoms with Crippen LogP contribution in [0.1, 0.15) is 43.9 Å². The van der Waals surface area contributed by atoms with Gasteiger partial charge in [-0.15, -0.1) is 0 Å². The van der Waals surface area contributed by atoms with Gasteiger partial charge in [-0.1, -0.05) is 36.4 Å². The fourth-order valence-corrected chi connectivity index (χ4v) is 4.38. The maximum Gasteiger partial charge on any atom is 0.105 e. The van der Waals surface area contributed by atoms with Crippen LogP contribution in [0.15, 0.2) is 59.7 Å². The van der Waals surface area contributed by atoms with Gasteiger partial charge in [-0.2, -0.15) is 0 Å². The van der Waals surface area contributed by atoms with Crippen LogP contribution in [0.2, 0.25) is 0 Å². The number of nitrogens with one attached hydrogen (secondary N) is 1. The average molecular weight is 329 g/mol. The second kappa shape index (κ2) is 5.22. The number of amidine groups is 1. The highest BCUT2D eigenvalue weighted by molar-refractivity contribution is 6.02. The number of aromatic amines is 1. The van der Waals surface area contributed by atoms with E-state index >= 15 is 0 Å². The van der Waals surface area contributed by atoms with E-state index in [1.165, 1.54) is 33.6 Å². The predicted molar refractivity (Wildman–Crippen MR) is 104 cm³/mol. The Morgan fingerprint density at radius 1 is 1.08 bits per heavy atom. The van der Waals surface area contributed by atoms with Crippen LogP contribution in [0.5, 0.6) is 0 Å². The minimum Gasteiger partial charge on any atom is -0.361 e. The number of nitrogens with zero attached hydrogens (tertiary/aromatic N) is 2. The summed E-state index contributed by atoms with van der Waals surface area (Å²) in [6, 6.07) is 17.7. The van der Waals surface area contributed by atoms with Crippen molar-refractivity contribution in [3.63, 3.8) is 0 Å². The van der Waals surface area contributed by atoms with Crippen LogP contribution in [0.25, 0.3) is 10.9 Å². The third-order valence-corrected chi connectivity index (χ3v) is 5.63. The highest BCUT2D eigenvalue weighted by atomic mass is 15.3. The number of fused-ring (bicyclic) bond motifs is 2. The Labute approximate surface area is 148 Å². The number of aliphatic imine (C=N–C) groups is 1. The lowest BCUT2D eigenvalue weighted by atomic mass is 10.0. The predicted octanol–water partition coefficient (Wildman–Crippen LogP) is 5.24. The van der Waals surface area contributed by atoms with Gasteiger partial charge in [-0.25, -0.2) is 0 Å². The number of benzene rings is 2. The highest BCUT2D eigenvalue weighted by Gasteiger charge is 2.38. The summed E-state index contributed by atoms with van der Waals surface area (Å²) in [6.45, 7) is 4.48. The van der Waals surface area contributed by atoms with Crippen LogP contribution in [0.3, 0.4) is 0 Å². The van der Waals surface area contributed by atoms with Crippen LogP contribution in [0.4, 0.5) is 5.69 Å². The van der Waals surface area contributed by atoms with Gasteiger partial charge in [0.25, 0.3) is 0 Å². The number of H-pyrrole nitrogens is 1. The van der Waals surface area contributed by atoms with Gasteiger partial charge in [0.15, 0.2) is 0 Å². The third kappa shape index (κ3) is 2.30. The molecular weight excluding hydrogens is 306 g/mol. The molecule has 0 saturated carbocycles. The molecule has 0 aliphatic carbocycles. The van der Waals surface area contributed by atoms with E-state index in [1.807, 2.05) is 0 Å². The first kappa shape index (κ1) is 14.8. The molecular formula is C22H23N3. The Morgan fingerprint density at radius 3 is 2.72 bits per heavy atom. The van der Waals surface area contributed by atoms with Gasteiger partial charge in [-0.3, -0.25) is 4.99 Å². The standard InChI is InChI=1S/C22H23N3/c1-22(2)12-11-21(24-22)25-19-10-6-3-7-15(19)13-20(25)17-14-23-18-9-5-4-8-16(17)18/h3-10,14,20,23H,11-13H2,1-2H3. The molecule has 2 aliphatic rings. The number of hydrogen-bond donors (Lipinski definition) is 1. The Morgan fingerprint density at radius 2 is 1.88 bits per heavy atom. The number of aromatic nitrogens is 1. The molecule has 3 nitrogen and oxygen atoms in total. The lowest BCUT2D eigenvalue weighted by molar-refractivity contribution is 0.522. The minimum absolute atomic E-state index is 0.0532. The Kier molecular flexibility index (Phi) is 3.08. The largest absolute Gasteiger partial charge is 0.361 e. The summed E-state index contributed by atoms with van der Waals surface area (Å²) in [7, 11) is 0. The van der Waals surface area contributed by atoms with Gasteiger partial charge < -0.3 is 9.88 Å². The van der Waals surface area contributed by atoms with E-state index in [-0.39, 0.29) is 5.54 Å². The Bertz CT molecular complexity index is 980. The van der Waals surface area contributed by atoms with E-state index in [1.54, 1.807) is 0 Å². The SMILES string of the molecule is CC1(C)CCC(N2c3ccccc3CC2c2c[nH]c3ccccc23)=N1. The summed E-state index contributed by atoms with van der Waals surface area (Å²) in [5.74, 6) is 1.24. The monoisotopic (exact) mass is 329 g/mol. The zero-order chi connectivity index (χ0) is 17.0. The fourth-order valence-electron chi connectivity index (χ4n) is 4.38. The molecule has 0 bridgehead atoms. The minimum atomic E-state index is 0.0532. The van der Waals surface area contributed by atoms with E-state index in [0.717, 1.165) is 19.3 Å². The maximum atomic E-state index is 5.07. The molecule has 25 heavy (non-hydrogen) atoms. The first-order valence-electron chi connectivity index (χ1n) is 9.14. The lowest BCUT2D eigenvalue weighted by Crippen LogP contribution is -2.31. The quantitative estimate of drug-likeness (QED) is 0.650. The molecule has 1 aromatic heterocycles. The summed E-state index contributed by atoms with van der Waals surface area (Å²) in [4.78, 5) is 11.0. The second-order valence-corrected chi connectivity index (χ2v) is 7.85. The van der Waals surface area contributed by atoms with Crippen molar-refractivity contribution in [2.45, 2.75) is 44.7 Å². The molecule has 3 aromatic rings. The van der Waals surface area contributed by atoms with Crippen molar-refractivity contribution in [1.29, 1.82) is 0 Å². The van der Waals surface area contributed by atoms with Crippen molar-refractivity contribution in [2.75, 3.05) is 4.90 Å². The molecule has 0 amide bonds. The molecule has 3 heterocycles. The van der Waals surface area contributed by atoms with Gasteiger partial charge in [0.05, 0.1) is 11.6 Å². The molecule has 3 heteroatoms. The van der Waals surface area contributed by atoms with Crippen LogP contribution >= 0.6 is 0 Å². The maximum absolute atomic E-state index is 5.07. The molecule has 1 atom stereocenters.